The smallest absolute Gasteiger partial charge is 0.226 e. The van der Waals surface area contributed by atoms with Crippen LogP contribution >= 0.6 is 0 Å². The average molecular weight is 342 g/mol. The maximum atomic E-state index is 8.96. The molecule has 0 unspecified atom stereocenters. The van der Waals surface area contributed by atoms with Gasteiger partial charge in [-0.3, -0.25) is 0 Å². The number of hydrogen-bond donors (Lipinski definition) is 1. The number of nitrogens with one attached hydrogen (secondary N) is 1. The molecule has 0 bridgehead atoms. The normalized spacial score (nSPS) is 10.4. The fourth-order valence-electron chi connectivity index (χ4n) is 2.48. The third kappa shape index (κ3) is 3.44. The van der Waals surface area contributed by atoms with Crippen molar-refractivity contribution in [1.82, 2.24) is 19.4 Å². The van der Waals surface area contributed by atoms with Crippen LogP contribution in [0.2, 0.25) is 0 Å². The summed E-state index contributed by atoms with van der Waals surface area (Å²) in [5.74, 6) is 1.42. The van der Waals surface area contributed by atoms with Crippen molar-refractivity contribution < 1.29 is 4.74 Å². The summed E-state index contributed by atoms with van der Waals surface area (Å²) in [5.41, 5.74) is 2.49. The van der Waals surface area contributed by atoms with Gasteiger partial charge in [0.25, 0.3) is 0 Å². The first-order valence-corrected chi connectivity index (χ1v) is 7.97. The van der Waals surface area contributed by atoms with Crippen molar-refractivity contribution in [3.63, 3.8) is 0 Å². The molecule has 126 valence electrons. The zero-order valence-corrected chi connectivity index (χ0v) is 13.7. The van der Waals surface area contributed by atoms with Crippen LogP contribution in [0.5, 0.6) is 11.6 Å². The molecular formula is C19H14N6O. The van der Waals surface area contributed by atoms with Crippen molar-refractivity contribution in [3.05, 3.63) is 78.4 Å². The molecule has 1 aromatic carbocycles. The first-order chi connectivity index (χ1) is 12.8. The van der Waals surface area contributed by atoms with Crippen LogP contribution in [0.25, 0.3) is 5.65 Å². The molecule has 0 spiro atoms. The summed E-state index contributed by atoms with van der Waals surface area (Å²) in [6, 6.07) is 14.7. The minimum absolute atomic E-state index is 0.404. The predicted molar refractivity (Wildman–Crippen MR) is 95.8 cm³/mol. The van der Waals surface area contributed by atoms with Gasteiger partial charge in [0.15, 0.2) is 0 Å². The molecule has 4 aromatic rings. The Balaban J connectivity index is 1.46. The van der Waals surface area contributed by atoms with E-state index < -0.39 is 0 Å². The van der Waals surface area contributed by atoms with E-state index >= 15 is 0 Å². The number of nitriles is 1. The van der Waals surface area contributed by atoms with Crippen LogP contribution < -0.4 is 10.1 Å². The monoisotopic (exact) mass is 342 g/mol. The van der Waals surface area contributed by atoms with Gasteiger partial charge in [0.1, 0.15) is 11.4 Å². The highest BCUT2D eigenvalue weighted by molar-refractivity contribution is 5.42. The highest BCUT2D eigenvalue weighted by Crippen LogP contribution is 2.21. The summed E-state index contributed by atoms with van der Waals surface area (Å²) >= 11 is 0. The molecule has 0 saturated heterocycles. The number of anilines is 1. The molecule has 4 rings (SSSR count). The molecule has 1 N–H and O–H groups in total. The third-order valence-corrected chi connectivity index (χ3v) is 3.73. The topological polar surface area (TPSA) is 88.1 Å². The third-order valence-electron chi connectivity index (χ3n) is 3.73. The van der Waals surface area contributed by atoms with Gasteiger partial charge in [-0.05, 0) is 35.9 Å². The lowest BCUT2D eigenvalue weighted by Gasteiger charge is -2.08. The largest absolute Gasteiger partial charge is 0.439 e. The second-order valence-electron chi connectivity index (χ2n) is 5.54. The molecule has 0 radical (unpaired) electrons. The summed E-state index contributed by atoms with van der Waals surface area (Å²) in [4.78, 5) is 12.8. The summed E-state index contributed by atoms with van der Waals surface area (Å²) in [5, 5.41) is 12.1. The maximum absolute atomic E-state index is 8.96. The number of ether oxygens (including phenoxy) is 1. The zero-order valence-electron chi connectivity index (χ0n) is 13.7. The van der Waals surface area contributed by atoms with E-state index in [2.05, 4.69) is 26.3 Å². The lowest BCUT2D eigenvalue weighted by Crippen LogP contribution is -2.04. The van der Waals surface area contributed by atoms with E-state index in [4.69, 9.17) is 10.00 Å². The molecule has 26 heavy (non-hydrogen) atoms. The van der Waals surface area contributed by atoms with Crippen molar-refractivity contribution in [2.75, 3.05) is 5.32 Å². The Morgan fingerprint density at radius 2 is 2.04 bits per heavy atom. The van der Waals surface area contributed by atoms with Gasteiger partial charge < -0.3 is 14.5 Å². The lowest BCUT2D eigenvalue weighted by atomic mass is 10.2. The number of aromatic nitrogens is 4. The Bertz CT molecular complexity index is 1100. The number of pyridine rings is 1. The summed E-state index contributed by atoms with van der Waals surface area (Å²) in [6.45, 7) is 0.566. The zero-order chi connectivity index (χ0) is 17.8. The minimum Gasteiger partial charge on any atom is -0.439 e. The SMILES string of the molecule is N#Cc1cccc(Oc2ccnc(NCc3ccn4ccnc4c3)n2)c1. The highest BCUT2D eigenvalue weighted by atomic mass is 16.5. The van der Waals surface area contributed by atoms with E-state index in [1.807, 2.05) is 28.9 Å². The fraction of sp³-hybridized carbons (Fsp3) is 0.0526. The Kier molecular flexibility index (Phi) is 4.14. The number of nitrogens with zero attached hydrogens (tertiary/aromatic N) is 5. The molecule has 3 heterocycles. The van der Waals surface area contributed by atoms with E-state index in [1.54, 1.807) is 42.7 Å². The van der Waals surface area contributed by atoms with Crippen LogP contribution in [-0.4, -0.2) is 19.4 Å². The molecule has 7 heteroatoms. The first-order valence-electron chi connectivity index (χ1n) is 7.97. The summed E-state index contributed by atoms with van der Waals surface area (Å²) in [7, 11) is 0. The van der Waals surface area contributed by atoms with E-state index in [9.17, 15) is 0 Å². The van der Waals surface area contributed by atoms with Gasteiger partial charge in [-0.1, -0.05) is 6.07 Å². The number of rotatable bonds is 5. The van der Waals surface area contributed by atoms with Crippen molar-refractivity contribution in [2.45, 2.75) is 6.54 Å². The molecular weight excluding hydrogens is 328 g/mol. The van der Waals surface area contributed by atoms with Crippen molar-refractivity contribution in [3.8, 4) is 17.7 Å². The van der Waals surface area contributed by atoms with Crippen molar-refractivity contribution in [2.24, 2.45) is 0 Å². The molecule has 0 aliphatic rings. The number of benzene rings is 1. The van der Waals surface area contributed by atoms with E-state index in [0.717, 1.165) is 11.2 Å². The van der Waals surface area contributed by atoms with Gasteiger partial charge >= 0.3 is 0 Å². The standard InChI is InChI=1S/C19H14N6O/c20-12-14-2-1-3-16(10-14)26-18-4-6-22-19(24-18)23-13-15-5-8-25-9-7-21-17(25)11-15/h1-11H,13H2,(H,22,23,24). The van der Waals surface area contributed by atoms with E-state index in [1.165, 1.54) is 0 Å². The summed E-state index contributed by atoms with van der Waals surface area (Å²) in [6.07, 6.45) is 7.24. The van der Waals surface area contributed by atoms with Crippen LogP contribution in [0.1, 0.15) is 11.1 Å². The minimum atomic E-state index is 0.404. The Labute approximate surface area is 149 Å². The molecule has 0 amide bonds. The Hall–Kier alpha value is -3.92. The second-order valence-corrected chi connectivity index (χ2v) is 5.54. The molecule has 0 fully saturated rings. The van der Waals surface area contributed by atoms with Crippen molar-refractivity contribution >= 4 is 11.6 Å². The van der Waals surface area contributed by atoms with Gasteiger partial charge in [0, 0.05) is 37.4 Å². The van der Waals surface area contributed by atoms with Crippen LogP contribution in [-0.2, 0) is 6.54 Å². The molecule has 3 aromatic heterocycles. The highest BCUT2D eigenvalue weighted by Gasteiger charge is 2.04. The second kappa shape index (κ2) is 6.91. The van der Waals surface area contributed by atoms with Crippen LogP contribution in [0.15, 0.2) is 67.3 Å². The van der Waals surface area contributed by atoms with Crippen LogP contribution in [0.3, 0.4) is 0 Å². The van der Waals surface area contributed by atoms with Gasteiger partial charge in [0.2, 0.25) is 11.8 Å². The number of hydrogen-bond acceptors (Lipinski definition) is 6. The van der Waals surface area contributed by atoms with Crippen molar-refractivity contribution in [1.29, 1.82) is 5.26 Å². The molecule has 0 aliphatic carbocycles. The molecule has 0 aliphatic heterocycles. The Morgan fingerprint density at radius 1 is 1.08 bits per heavy atom. The number of fused-ring (bicyclic) bond motifs is 1. The number of imidazole rings is 1. The van der Waals surface area contributed by atoms with E-state index in [0.29, 0.717) is 29.7 Å². The predicted octanol–water partition coefficient (Wildman–Crippen LogP) is 3.40. The first kappa shape index (κ1) is 15.6. The average Bonchev–Trinajstić information content (AvgIpc) is 3.15. The summed E-state index contributed by atoms with van der Waals surface area (Å²) < 4.78 is 7.65. The van der Waals surface area contributed by atoms with Gasteiger partial charge in [-0.2, -0.15) is 10.2 Å². The van der Waals surface area contributed by atoms with E-state index in [-0.39, 0.29) is 0 Å². The van der Waals surface area contributed by atoms with Gasteiger partial charge in [-0.25, -0.2) is 9.97 Å². The maximum Gasteiger partial charge on any atom is 0.226 e. The van der Waals surface area contributed by atoms with Crippen LogP contribution in [0, 0.1) is 11.3 Å². The van der Waals surface area contributed by atoms with Crippen LogP contribution in [0.4, 0.5) is 5.95 Å². The quantitative estimate of drug-likeness (QED) is 0.598. The van der Waals surface area contributed by atoms with Gasteiger partial charge in [-0.15, -0.1) is 0 Å². The lowest BCUT2D eigenvalue weighted by molar-refractivity contribution is 0.462. The van der Waals surface area contributed by atoms with Gasteiger partial charge in [0.05, 0.1) is 11.6 Å². The molecule has 0 atom stereocenters. The fourth-order valence-corrected chi connectivity index (χ4v) is 2.48. The Morgan fingerprint density at radius 3 is 2.96 bits per heavy atom. The molecule has 7 nitrogen and oxygen atoms in total. The molecule has 0 saturated carbocycles.